The molecule has 2 aromatic heterocycles. The molecule has 0 bridgehead atoms. The molecular weight excluding hydrogens is 284 g/mol. The van der Waals surface area contributed by atoms with Crippen LogP contribution in [0.3, 0.4) is 0 Å². The molecule has 2 aromatic rings. The van der Waals surface area contributed by atoms with Crippen molar-refractivity contribution in [2.75, 3.05) is 13.7 Å². The van der Waals surface area contributed by atoms with Gasteiger partial charge < -0.3 is 14.2 Å². The van der Waals surface area contributed by atoms with Gasteiger partial charge in [-0.3, -0.25) is 9.48 Å². The van der Waals surface area contributed by atoms with Gasteiger partial charge in [0.15, 0.2) is 0 Å². The third-order valence-corrected chi connectivity index (χ3v) is 4.16. The summed E-state index contributed by atoms with van der Waals surface area (Å²) in [5, 5.41) is 8.24. The summed E-state index contributed by atoms with van der Waals surface area (Å²) in [6, 6.07) is 0. The average molecular weight is 304 g/mol. The minimum Gasteiger partial charge on any atom is -0.480 e. The lowest BCUT2D eigenvalue weighted by Gasteiger charge is -2.20. The van der Waals surface area contributed by atoms with Crippen molar-refractivity contribution in [2.24, 2.45) is 7.05 Å². The van der Waals surface area contributed by atoms with E-state index in [9.17, 15) is 4.79 Å². The van der Waals surface area contributed by atoms with Gasteiger partial charge in [0, 0.05) is 19.2 Å². The highest BCUT2D eigenvalue weighted by Crippen LogP contribution is 2.28. The Morgan fingerprint density at radius 1 is 1.36 bits per heavy atom. The highest BCUT2D eigenvalue weighted by molar-refractivity contribution is 5.96. The number of methoxy groups -OCH3 is 1. The standard InChI is InChI=1S/C15H20N4O3/c1-9-13(10(2)22-17-9)15(20)19-7-5-6-11-12(8-19)18(3)16-14(11)21-4/h5-8H2,1-4H3. The number of aryl methyl sites for hydroxylation is 3. The van der Waals surface area contributed by atoms with Crippen LogP contribution >= 0.6 is 0 Å². The van der Waals surface area contributed by atoms with Crippen LogP contribution in [-0.4, -0.2) is 39.4 Å². The molecule has 0 spiro atoms. The van der Waals surface area contributed by atoms with E-state index in [1.807, 2.05) is 11.9 Å². The molecule has 0 atom stereocenters. The van der Waals surface area contributed by atoms with Crippen LogP contribution in [0, 0.1) is 13.8 Å². The average Bonchev–Trinajstić information content (AvgIpc) is 2.88. The van der Waals surface area contributed by atoms with Gasteiger partial charge in [-0.1, -0.05) is 5.16 Å². The van der Waals surface area contributed by atoms with Crippen molar-refractivity contribution < 1.29 is 14.1 Å². The second-order valence-corrected chi connectivity index (χ2v) is 5.59. The van der Waals surface area contributed by atoms with Gasteiger partial charge in [-0.15, -0.1) is 5.10 Å². The first-order valence-electron chi connectivity index (χ1n) is 7.33. The van der Waals surface area contributed by atoms with Gasteiger partial charge in [-0.05, 0) is 26.7 Å². The van der Waals surface area contributed by atoms with Crippen LogP contribution < -0.4 is 4.74 Å². The molecular formula is C15H20N4O3. The zero-order valence-corrected chi connectivity index (χ0v) is 13.3. The summed E-state index contributed by atoms with van der Waals surface area (Å²) in [5.41, 5.74) is 3.32. The number of aromatic nitrogens is 3. The van der Waals surface area contributed by atoms with E-state index in [-0.39, 0.29) is 5.91 Å². The van der Waals surface area contributed by atoms with Crippen molar-refractivity contribution in [1.29, 1.82) is 0 Å². The lowest BCUT2D eigenvalue weighted by Crippen LogP contribution is -2.32. The van der Waals surface area contributed by atoms with Crippen molar-refractivity contribution in [3.63, 3.8) is 0 Å². The number of hydrogen-bond donors (Lipinski definition) is 0. The summed E-state index contributed by atoms with van der Waals surface area (Å²) in [4.78, 5) is 14.7. The third kappa shape index (κ3) is 2.26. The van der Waals surface area contributed by atoms with Crippen LogP contribution in [-0.2, 0) is 20.0 Å². The maximum absolute atomic E-state index is 12.8. The Morgan fingerprint density at radius 2 is 2.14 bits per heavy atom. The first-order valence-corrected chi connectivity index (χ1v) is 7.33. The van der Waals surface area contributed by atoms with Gasteiger partial charge in [-0.2, -0.15) is 0 Å². The largest absolute Gasteiger partial charge is 0.480 e. The minimum atomic E-state index is -0.0377. The number of ether oxygens (including phenoxy) is 1. The SMILES string of the molecule is COc1nn(C)c2c1CCCN(C(=O)c1c(C)noc1C)C2. The van der Waals surface area contributed by atoms with Gasteiger partial charge in [0.2, 0.25) is 5.88 Å². The van der Waals surface area contributed by atoms with Crippen molar-refractivity contribution in [1.82, 2.24) is 19.8 Å². The van der Waals surface area contributed by atoms with Crippen LogP contribution in [0.5, 0.6) is 5.88 Å². The lowest BCUT2D eigenvalue weighted by molar-refractivity contribution is 0.0740. The number of carbonyl (C=O) groups is 1. The van der Waals surface area contributed by atoms with Crippen LogP contribution in [0.4, 0.5) is 0 Å². The molecule has 0 saturated heterocycles. The molecule has 1 amide bonds. The quantitative estimate of drug-likeness (QED) is 0.843. The van der Waals surface area contributed by atoms with Crippen LogP contribution in [0.1, 0.15) is 39.5 Å². The molecule has 7 nitrogen and oxygen atoms in total. The fourth-order valence-corrected chi connectivity index (χ4v) is 3.02. The minimum absolute atomic E-state index is 0.0377. The fourth-order valence-electron chi connectivity index (χ4n) is 3.02. The van der Waals surface area contributed by atoms with Crippen LogP contribution in [0.15, 0.2) is 4.52 Å². The van der Waals surface area contributed by atoms with Crippen molar-refractivity contribution in [3.05, 3.63) is 28.3 Å². The smallest absolute Gasteiger partial charge is 0.259 e. The van der Waals surface area contributed by atoms with Gasteiger partial charge >= 0.3 is 0 Å². The van der Waals surface area contributed by atoms with Crippen molar-refractivity contribution in [3.8, 4) is 5.88 Å². The number of carbonyl (C=O) groups excluding carboxylic acids is 1. The third-order valence-electron chi connectivity index (χ3n) is 4.16. The zero-order chi connectivity index (χ0) is 15.9. The number of fused-ring (bicyclic) bond motifs is 1. The molecule has 1 aliphatic rings. The molecule has 0 saturated carbocycles. The van der Waals surface area contributed by atoms with Gasteiger partial charge in [-0.25, -0.2) is 0 Å². The Labute approximate surface area is 128 Å². The fraction of sp³-hybridized carbons (Fsp3) is 0.533. The number of hydrogen-bond acceptors (Lipinski definition) is 5. The number of nitrogens with zero attached hydrogens (tertiary/aromatic N) is 4. The van der Waals surface area contributed by atoms with Crippen molar-refractivity contribution in [2.45, 2.75) is 33.2 Å². The predicted octanol–water partition coefficient (Wildman–Crippen LogP) is 1.62. The lowest BCUT2D eigenvalue weighted by atomic mass is 10.1. The van der Waals surface area contributed by atoms with Gasteiger partial charge in [0.1, 0.15) is 11.3 Å². The first kappa shape index (κ1) is 14.6. The maximum atomic E-state index is 12.8. The second kappa shape index (κ2) is 5.47. The van der Waals surface area contributed by atoms with E-state index in [0.29, 0.717) is 36.0 Å². The van der Waals surface area contributed by atoms with E-state index >= 15 is 0 Å². The second-order valence-electron chi connectivity index (χ2n) is 5.59. The molecule has 0 unspecified atom stereocenters. The monoisotopic (exact) mass is 304 g/mol. The molecule has 0 aliphatic carbocycles. The molecule has 0 N–H and O–H groups in total. The highest BCUT2D eigenvalue weighted by atomic mass is 16.5. The van der Waals surface area contributed by atoms with Crippen LogP contribution in [0.2, 0.25) is 0 Å². The molecule has 0 aromatic carbocycles. The summed E-state index contributed by atoms with van der Waals surface area (Å²) in [6.07, 6.45) is 1.74. The Balaban J connectivity index is 1.93. The van der Waals surface area contributed by atoms with E-state index in [1.165, 1.54) is 0 Å². The van der Waals surface area contributed by atoms with E-state index < -0.39 is 0 Å². The number of amides is 1. The molecule has 3 heterocycles. The predicted molar refractivity (Wildman–Crippen MR) is 78.8 cm³/mol. The Hall–Kier alpha value is -2.31. The molecule has 3 rings (SSSR count). The molecule has 0 fully saturated rings. The summed E-state index contributed by atoms with van der Waals surface area (Å²) in [6.45, 7) is 4.77. The zero-order valence-electron chi connectivity index (χ0n) is 13.3. The highest BCUT2D eigenvalue weighted by Gasteiger charge is 2.28. The summed E-state index contributed by atoms with van der Waals surface area (Å²) < 4.78 is 12.3. The van der Waals surface area contributed by atoms with Gasteiger partial charge in [0.25, 0.3) is 5.91 Å². The Bertz CT molecular complexity index is 697. The Kier molecular flexibility index (Phi) is 3.64. The summed E-state index contributed by atoms with van der Waals surface area (Å²) in [5.74, 6) is 1.18. The van der Waals surface area contributed by atoms with E-state index in [1.54, 1.807) is 25.6 Å². The molecule has 22 heavy (non-hydrogen) atoms. The van der Waals surface area contributed by atoms with Crippen LogP contribution in [0.25, 0.3) is 0 Å². The van der Waals surface area contributed by atoms with E-state index in [2.05, 4.69) is 10.3 Å². The molecule has 118 valence electrons. The van der Waals surface area contributed by atoms with E-state index in [4.69, 9.17) is 9.26 Å². The molecule has 7 heteroatoms. The molecule has 0 radical (unpaired) electrons. The maximum Gasteiger partial charge on any atom is 0.259 e. The van der Waals surface area contributed by atoms with Gasteiger partial charge in [0.05, 0.1) is 25.0 Å². The van der Waals surface area contributed by atoms with E-state index in [0.717, 1.165) is 24.1 Å². The topological polar surface area (TPSA) is 73.4 Å². The first-order chi connectivity index (χ1) is 10.5. The molecule has 1 aliphatic heterocycles. The summed E-state index contributed by atoms with van der Waals surface area (Å²) in [7, 11) is 3.51. The van der Waals surface area contributed by atoms with Crippen molar-refractivity contribution >= 4 is 5.91 Å². The number of rotatable bonds is 2. The summed E-state index contributed by atoms with van der Waals surface area (Å²) >= 11 is 0. The normalized spacial score (nSPS) is 14.6. The Morgan fingerprint density at radius 3 is 2.77 bits per heavy atom.